The monoisotopic (exact) mass is 482 g/mol. The Hall–Kier alpha value is -3.59. The van der Waals surface area contributed by atoms with E-state index in [0.717, 1.165) is 16.7 Å². The molecule has 182 valence electrons. The molecule has 1 aliphatic carbocycles. The Bertz CT molecular complexity index is 1380. The molecule has 1 saturated carbocycles. The van der Waals surface area contributed by atoms with Crippen molar-refractivity contribution in [3.05, 3.63) is 78.0 Å². The second-order valence-electron chi connectivity index (χ2n) is 9.08. The first-order valence-corrected chi connectivity index (χ1v) is 11.4. The third-order valence-electron chi connectivity index (χ3n) is 6.60. The number of amides is 1. The van der Waals surface area contributed by atoms with Crippen LogP contribution in [0.5, 0.6) is 0 Å². The molecule has 2 N–H and O–H groups in total. The summed E-state index contributed by atoms with van der Waals surface area (Å²) in [6, 6.07) is 11.3. The number of carbonyl (C=O) groups excluding carboxylic acids is 1. The molecule has 1 fully saturated rings. The van der Waals surface area contributed by atoms with E-state index in [0.29, 0.717) is 12.1 Å². The van der Waals surface area contributed by atoms with E-state index in [1.54, 1.807) is 27.6 Å². The predicted octanol–water partition coefficient (Wildman–Crippen LogP) is 4.51. The number of aromatic nitrogens is 3. The normalized spacial score (nSPS) is 19.7. The van der Waals surface area contributed by atoms with Gasteiger partial charge in [-0.25, -0.2) is 13.2 Å². The average molecular weight is 483 g/mol. The highest BCUT2D eigenvalue weighted by Crippen LogP contribution is 2.34. The van der Waals surface area contributed by atoms with Gasteiger partial charge in [0.25, 0.3) is 11.8 Å². The third-order valence-corrected chi connectivity index (χ3v) is 6.60. The Morgan fingerprint density at radius 2 is 1.94 bits per heavy atom. The maximum absolute atomic E-state index is 14.8. The van der Waals surface area contributed by atoms with Gasteiger partial charge in [0.1, 0.15) is 11.9 Å². The number of aryl methyl sites for hydroxylation is 1. The highest BCUT2D eigenvalue weighted by atomic mass is 19.3. The van der Waals surface area contributed by atoms with Crippen molar-refractivity contribution in [2.24, 2.45) is 7.05 Å². The van der Waals surface area contributed by atoms with E-state index in [4.69, 9.17) is 0 Å². The number of rotatable bonds is 5. The lowest BCUT2D eigenvalue weighted by Gasteiger charge is -2.34. The molecule has 5 rings (SSSR count). The van der Waals surface area contributed by atoms with Crippen molar-refractivity contribution in [3.8, 4) is 11.1 Å². The van der Waals surface area contributed by atoms with Crippen LogP contribution in [0, 0.1) is 5.82 Å². The summed E-state index contributed by atoms with van der Waals surface area (Å²) in [6.45, 7) is 0.380. The molecule has 0 bridgehead atoms. The molecular formula is C26H25F3N4O2. The van der Waals surface area contributed by atoms with Gasteiger partial charge < -0.3 is 15.0 Å². The highest BCUT2D eigenvalue weighted by Gasteiger charge is 2.46. The van der Waals surface area contributed by atoms with Crippen LogP contribution in [0.2, 0.25) is 0 Å². The molecule has 2 aromatic carbocycles. The lowest BCUT2D eigenvalue weighted by atomic mass is 9.89. The van der Waals surface area contributed by atoms with Crippen LogP contribution in [0.25, 0.3) is 22.0 Å². The zero-order valence-electron chi connectivity index (χ0n) is 19.1. The molecule has 35 heavy (non-hydrogen) atoms. The third kappa shape index (κ3) is 4.43. The molecule has 4 aromatic rings. The van der Waals surface area contributed by atoms with Crippen LogP contribution in [-0.4, -0.2) is 43.4 Å². The SMILES string of the molecule is Cn1cc(-c2ccc(Cn3cc(C(=O)N[C@@H]4CCCC(F)(F)[C@H]4O)c4c(F)cccc43)cc2)cn1. The maximum Gasteiger partial charge on any atom is 0.275 e. The largest absolute Gasteiger partial charge is 0.385 e. The van der Waals surface area contributed by atoms with Crippen molar-refractivity contribution in [1.82, 2.24) is 19.7 Å². The summed E-state index contributed by atoms with van der Waals surface area (Å²) in [5.74, 6) is -4.53. The zero-order valence-corrected chi connectivity index (χ0v) is 19.1. The average Bonchev–Trinajstić information content (AvgIpc) is 3.42. The first kappa shape index (κ1) is 23.2. The molecule has 0 spiro atoms. The quantitative estimate of drug-likeness (QED) is 0.440. The number of benzene rings is 2. The summed E-state index contributed by atoms with van der Waals surface area (Å²) < 4.78 is 46.2. The van der Waals surface area contributed by atoms with Gasteiger partial charge >= 0.3 is 0 Å². The molecule has 6 nitrogen and oxygen atoms in total. The van der Waals surface area contributed by atoms with E-state index >= 15 is 0 Å². The van der Waals surface area contributed by atoms with Gasteiger partial charge in [0, 0.05) is 43.4 Å². The Morgan fingerprint density at radius 1 is 1.17 bits per heavy atom. The topological polar surface area (TPSA) is 72.1 Å². The summed E-state index contributed by atoms with van der Waals surface area (Å²) in [7, 11) is 1.85. The Labute approximate surface area is 200 Å². The van der Waals surface area contributed by atoms with Gasteiger partial charge in [-0.2, -0.15) is 5.10 Å². The molecule has 0 unspecified atom stereocenters. The second kappa shape index (κ2) is 8.88. The fourth-order valence-electron chi connectivity index (χ4n) is 4.74. The molecule has 1 amide bonds. The fourth-order valence-corrected chi connectivity index (χ4v) is 4.74. The summed E-state index contributed by atoms with van der Waals surface area (Å²) in [4.78, 5) is 13.0. The van der Waals surface area contributed by atoms with Crippen LogP contribution in [0.4, 0.5) is 13.2 Å². The van der Waals surface area contributed by atoms with Gasteiger partial charge in [0.05, 0.1) is 23.3 Å². The van der Waals surface area contributed by atoms with E-state index < -0.39 is 36.2 Å². The minimum absolute atomic E-state index is 0.0474. The van der Waals surface area contributed by atoms with E-state index in [9.17, 15) is 23.1 Å². The van der Waals surface area contributed by atoms with Gasteiger partial charge in [-0.05, 0) is 36.1 Å². The van der Waals surface area contributed by atoms with E-state index in [2.05, 4.69) is 10.4 Å². The smallest absolute Gasteiger partial charge is 0.275 e. The number of nitrogens with zero attached hydrogens (tertiary/aromatic N) is 3. The van der Waals surface area contributed by atoms with E-state index in [1.807, 2.05) is 37.5 Å². The van der Waals surface area contributed by atoms with Gasteiger partial charge in [0.2, 0.25) is 0 Å². The molecule has 9 heteroatoms. The van der Waals surface area contributed by atoms with E-state index in [-0.39, 0.29) is 23.8 Å². The Morgan fingerprint density at radius 3 is 2.66 bits per heavy atom. The number of hydrogen-bond acceptors (Lipinski definition) is 3. The molecule has 2 aromatic heterocycles. The molecular weight excluding hydrogens is 457 g/mol. The van der Waals surface area contributed by atoms with Crippen molar-refractivity contribution in [2.75, 3.05) is 0 Å². The molecule has 0 radical (unpaired) electrons. The summed E-state index contributed by atoms with van der Waals surface area (Å²) in [5, 5.41) is 16.8. The number of aliphatic hydroxyl groups is 1. The number of aliphatic hydroxyl groups excluding tert-OH is 1. The van der Waals surface area contributed by atoms with Crippen LogP contribution in [0.15, 0.2) is 61.1 Å². The highest BCUT2D eigenvalue weighted by molar-refractivity contribution is 6.07. The predicted molar refractivity (Wildman–Crippen MR) is 126 cm³/mol. The van der Waals surface area contributed by atoms with Crippen molar-refractivity contribution < 1.29 is 23.1 Å². The van der Waals surface area contributed by atoms with Crippen molar-refractivity contribution in [2.45, 2.75) is 43.9 Å². The Balaban J connectivity index is 1.42. The minimum Gasteiger partial charge on any atom is -0.385 e. The van der Waals surface area contributed by atoms with Crippen molar-refractivity contribution >= 4 is 16.8 Å². The van der Waals surface area contributed by atoms with Crippen molar-refractivity contribution in [1.29, 1.82) is 0 Å². The number of halogens is 3. The number of carbonyl (C=O) groups is 1. The summed E-state index contributed by atoms with van der Waals surface area (Å²) in [6.07, 6.45) is 3.24. The van der Waals surface area contributed by atoms with Crippen LogP contribution in [0.3, 0.4) is 0 Å². The number of fused-ring (bicyclic) bond motifs is 1. The number of nitrogens with one attached hydrogen (secondary N) is 1. The van der Waals surface area contributed by atoms with Gasteiger partial charge in [-0.3, -0.25) is 9.48 Å². The number of alkyl halides is 2. The van der Waals surface area contributed by atoms with Crippen LogP contribution < -0.4 is 5.32 Å². The fraction of sp³-hybridized carbons (Fsp3) is 0.308. The first-order chi connectivity index (χ1) is 16.7. The molecule has 0 aliphatic heterocycles. The summed E-state index contributed by atoms with van der Waals surface area (Å²) in [5.41, 5.74) is 3.50. The lowest BCUT2D eigenvalue weighted by Crippen LogP contribution is -2.54. The van der Waals surface area contributed by atoms with Gasteiger partial charge in [-0.1, -0.05) is 30.3 Å². The molecule has 0 saturated heterocycles. The van der Waals surface area contributed by atoms with Gasteiger partial charge in [0.15, 0.2) is 0 Å². The van der Waals surface area contributed by atoms with Crippen LogP contribution in [-0.2, 0) is 13.6 Å². The molecule has 2 atom stereocenters. The van der Waals surface area contributed by atoms with Crippen LogP contribution >= 0.6 is 0 Å². The molecule has 1 aliphatic rings. The van der Waals surface area contributed by atoms with Gasteiger partial charge in [-0.15, -0.1) is 0 Å². The first-order valence-electron chi connectivity index (χ1n) is 11.4. The Kier molecular flexibility index (Phi) is 5.88. The molecule has 2 heterocycles. The lowest BCUT2D eigenvalue weighted by molar-refractivity contribution is -0.141. The van der Waals surface area contributed by atoms with E-state index in [1.165, 1.54) is 12.3 Å². The van der Waals surface area contributed by atoms with Crippen molar-refractivity contribution in [3.63, 3.8) is 0 Å². The minimum atomic E-state index is -3.27. The number of hydrogen-bond donors (Lipinski definition) is 2. The second-order valence-corrected chi connectivity index (χ2v) is 9.08. The standard InChI is InChI=1S/C26H25F3N4O2/c1-32-14-18(12-30-32)17-9-7-16(8-10-17)13-33-15-19(23-20(27)4-2-6-22(23)33)25(35)31-21-5-3-11-26(28,29)24(21)34/h2,4,6-10,12,14-15,21,24,34H,3,5,11,13H2,1H3,(H,31,35)/t21-,24+/m1/s1. The van der Waals surface area contributed by atoms with Crippen LogP contribution in [0.1, 0.15) is 35.2 Å². The summed E-state index contributed by atoms with van der Waals surface area (Å²) >= 11 is 0. The maximum atomic E-state index is 14.8. The zero-order chi connectivity index (χ0) is 24.7.